The molecule has 0 unspecified atom stereocenters. The molecule has 12 heavy (non-hydrogen) atoms. The number of aryl methyl sites for hydroxylation is 1. The molecule has 62 valence electrons. The SMILES string of the molecule is Cc1nc(-c2ccsc2Br)no1. The lowest BCUT2D eigenvalue weighted by atomic mass is 10.3. The van der Waals surface area contributed by atoms with E-state index in [9.17, 15) is 0 Å². The summed E-state index contributed by atoms with van der Waals surface area (Å²) in [5.74, 6) is 1.23. The molecule has 2 rings (SSSR count). The van der Waals surface area contributed by atoms with Gasteiger partial charge in [0.25, 0.3) is 0 Å². The quantitative estimate of drug-likeness (QED) is 0.775. The normalized spacial score (nSPS) is 10.5. The van der Waals surface area contributed by atoms with Crippen LogP contribution in [-0.2, 0) is 0 Å². The van der Waals surface area contributed by atoms with Gasteiger partial charge in [-0.25, -0.2) is 0 Å². The van der Waals surface area contributed by atoms with E-state index in [0.29, 0.717) is 11.7 Å². The van der Waals surface area contributed by atoms with Crippen LogP contribution < -0.4 is 0 Å². The minimum absolute atomic E-state index is 0.586. The van der Waals surface area contributed by atoms with Crippen LogP contribution in [0.3, 0.4) is 0 Å². The Hall–Kier alpha value is -0.680. The largest absolute Gasteiger partial charge is 0.339 e. The molecule has 5 heteroatoms. The topological polar surface area (TPSA) is 38.9 Å². The van der Waals surface area contributed by atoms with E-state index < -0.39 is 0 Å². The second kappa shape index (κ2) is 2.99. The molecular formula is C7H5BrN2OS. The Kier molecular flexibility index (Phi) is 1.98. The maximum absolute atomic E-state index is 4.87. The number of hydrogen-bond acceptors (Lipinski definition) is 4. The van der Waals surface area contributed by atoms with Crippen LogP contribution in [0.15, 0.2) is 19.8 Å². The minimum Gasteiger partial charge on any atom is -0.339 e. The molecule has 3 nitrogen and oxygen atoms in total. The van der Waals surface area contributed by atoms with Gasteiger partial charge in [-0.3, -0.25) is 0 Å². The van der Waals surface area contributed by atoms with Crippen LogP contribution in [0, 0.1) is 6.92 Å². The van der Waals surface area contributed by atoms with E-state index in [4.69, 9.17) is 4.52 Å². The monoisotopic (exact) mass is 244 g/mol. The number of nitrogens with zero attached hydrogens (tertiary/aromatic N) is 2. The van der Waals surface area contributed by atoms with Gasteiger partial charge in [0.1, 0.15) is 0 Å². The van der Waals surface area contributed by atoms with E-state index in [1.54, 1.807) is 18.3 Å². The zero-order valence-corrected chi connectivity index (χ0v) is 8.65. The smallest absolute Gasteiger partial charge is 0.223 e. The van der Waals surface area contributed by atoms with Crippen LogP contribution in [0.5, 0.6) is 0 Å². The summed E-state index contributed by atoms with van der Waals surface area (Å²) >= 11 is 5.01. The van der Waals surface area contributed by atoms with Crippen LogP contribution in [-0.4, -0.2) is 10.1 Å². The first kappa shape index (κ1) is 7.94. The summed E-state index contributed by atoms with van der Waals surface area (Å²) in [6.45, 7) is 1.77. The van der Waals surface area contributed by atoms with Gasteiger partial charge in [-0.2, -0.15) is 4.98 Å². The summed E-state index contributed by atoms with van der Waals surface area (Å²) in [4.78, 5) is 4.11. The van der Waals surface area contributed by atoms with Crippen molar-refractivity contribution in [3.63, 3.8) is 0 Å². The summed E-state index contributed by atoms with van der Waals surface area (Å²) in [6.07, 6.45) is 0. The van der Waals surface area contributed by atoms with E-state index in [0.717, 1.165) is 9.35 Å². The van der Waals surface area contributed by atoms with Crippen molar-refractivity contribution in [3.05, 3.63) is 21.1 Å². The molecule has 0 saturated carbocycles. The van der Waals surface area contributed by atoms with Crippen molar-refractivity contribution in [2.75, 3.05) is 0 Å². The fourth-order valence-corrected chi connectivity index (χ4v) is 2.11. The van der Waals surface area contributed by atoms with Crippen LogP contribution in [0.4, 0.5) is 0 Å². The molecule has 0 atom stereocenters. The molecular weight excluding hydrogens is 240 g/mol. The zero-order valence-electron chi connectivity index (χ0n) is 6.24. The molecule has 0 aliphatic heterocycles. The molecule has 0 saturated heterocycles. The number of thiophene rings is 1. The minimum atomic E-state index is 0.586. The highest BCUT2D eigenvalue weighted by Crippen LogP contribution is 2.30. The Morgan fingerprint density at radius 1 is 1.58 bits per heavy atom. The van der Waals surface area contributed by atoms with Gasteiger partial charge < -0.3 is 4.52 Å². The number of hydrogen-bond donors (Lipinski definition) is 0. The standard InChI is InChI=1S/C7H5BrN2OS/c1-4-9-7(10-11-4)5-2-3-12-6(5)8/h2-3H,1H3. The third-order valence-corrected chi connectivity index (χ3v) is 3.07. The highest BCUT2D eigenvalue weighted by Gasteiger charge is 2.09. The lowest BCUT2D eigenvalue weighted by molar-refractivity contribution is 0.394. The van der Waals surface area contributed by atoms with Crippen LogP contribution in [0.25, 0.3) is 11.4 Å². The van der Waals surface area contributed by atoms with Crippen molar-refractivity contribution in [1.82, 2.24) is 10.1 Å². The predicted molar refractivity (Wildman–Crippen MR) is 50.0 cm³/mol. The van der Waals surface area contributed by atoms with Crippen LogP contribution in [0.1, 0.15) is 5.89 Å². The summed E-state index contributed by atoms with van der Waals surface area (Å²) in [5, 5.41) is 5.79. The molecule has 0 fully saturated rings. The van der Waals surface area contributed by atoms with Gasteiger partial charge in [0.2, 0.25) is 11.7 Å². The third-order valence-electron chi connectivity index (χ3n) is 1.39. The number of aromatic nitrogens is 2. The molecule has 2 aromatic heterocycles. The number of rotatable bonds is 1. The molecule has 2 aromatic rings. The van der Waals surface area contributed by atoms with Crippen molar-refractivity contribution >= 4 is 27.3 Å². The van der Waals surface area contributed by atoms with Gasteiger partial charge in [0.05, 0.1) is 3.79 Å². The average molecular weight is 245 g/mol. The van der Waals surface area contributed by atoms with Crippen molar-refractivity contribution in [3.8, 4) is 11.4 Å². The first-order valence-electron chi connectivity index (χ1n) is 3.31. The van der Waals surface area contributed by atoms with Crippen molar-refractivity contribution < 1.29 is 4.52 Å². The summed E-state index contributed by atoms with van der Waals surface area (Å²) in [5.41, 5.74) is 0.983. The van der Waals surface area contributed by atoms with Gasteiger partial charge in [-0.15, -0.1) is 11.3 Å². The van der Waals surface area contributed by atoms with Crippen LogP contribution in [0.2, 0.25) is 0 Å². The molecule has 0 radical (unpaired) electrons. The molecule has 0 bridgehead atoms. The summed E-state index contributed by atoms with van der Waals surface area (Å²) in [7, 11) is 0. The van der Waals surface area contributed by atoms with E-state index in [1.807, 2.05) is 11.4 Å². The van der Waals surface area contributed by atoms with Gasteiger partial charge >= 0.3 is 0 Å². The summed E-state index contributed by atoms with van der Waals surface area (Å²) in [6, 6.07) is 1.96. The highest BCUT2D eigenvalue weighted by atomic mass is 79.9. The van der Waals surface area contributed by atoms with Gasteiger partial charge in [0, 0.05) is 12.5 Å². The molecule has 0 amide bonds. The fraction of sp³-hybridized carbons (Fsp3) is 0.143. The lowest BCUT2D eigenvalue weighted by Crippen LogP contribution is -1.76. The Balaban J connectivity index is 2.50. The van der Waals surface area contributed by atoms with E-state index >= 15 is 0 Å². The van der Waals surface area contributed by atoms with Crippen molar-refractivity contribution in [2.45, 2.75) is 6.92 Å². The number of halogens is 1. The van der Waals surface area contributed by atoms with Gasteiger partial charge in [-0.05, 0) is 27.4 Å². The van der Waals surface area contributed by atoms with E-state index in [1.165, 1.54) is 0 Å². The Bertz CT molecular complexity index is 396. The maximum Gasteiger partial charge on any atom is 0.223 e. The second-order valence-corrected chi connectivity index (χ2v) is 4.48. The van der Waals surface area contributed by atoms with Gasteiger partial charge in [0.15, 0.2) is 0 Å². The van der Waals surface area contributed by atoms with Crippen molar-refractivity contribution in [1.29, 1.82) is 0 Å². The molecule has 0 aliphatic rings. The Morgan fingerprint density at radius 3 is 2.92 bits per heavy atom. The molecule has 0 aromatic carbocycles. The Morgan fingerprint density at radius 2 is 2.42 bits per heavy atom. The summed E-state index contributed by atoms with van der Waals surface area (Å²) < 4.78 is 5.90. The highest BCUT2D eigenvalue weighted by molar-refractivity contribution is 9.11. The van der Waals surface area contributed by atoms with E-state index in [2.05, 4.69) is 26.1 Å². The Labute approximate surface area is 81.5 Å². The third kappa shape index (κ3) is 1.30. The zero-order chi connectivity index (χ0) is 8.55. The van der Waals surface area contributed by atoms with Crippen LogP contribution >= 0.6 is 27.3 Å². The fourth-order valence-electron chi connectivity index (χ4n) is 0.862. The molecule has 0 aliphatic carbocycles. The molecule has 2 heterocycles. The first-order chi connectivity index (χ1) is 5.77. The average Bonchev–Trinajstić information content (AvgIpc) is 2.58. The molecule has 0 N–H and O–H groups in total. The predicted octanol–water partition coefficient (Wildman–Crippen LogP) is 2.87. The maximum atomic E-state index is 4.87. The first-order valence-corrected chi connectivity index (χ1v) is 4.98. The second-order valence-electron chi connectivity index (χ2n) is 2.24. The lowest BCUT2D eigenvalue weighted by Gasteiger charge is -1.86. The van der Waals surface area contributed by atoms with Gasteiger partial charge in [-0.1, -0.05) is 5.16 Å². The van der Waals surface area contributed by atoms with Crippen molar-refractivity contribution in [2.24, 2.45) is 0 Å². The molecule has 0 spiro atoms. The van der Waals surface area contributed by atoms with E-state index in [-0.39, 0.29) is 0 Å².